The molecular weight excluding hydrogens is 292 g/mol. The molecule has 0 atom stereocenters. The summed E-state index contributed by atoms with van der Waals surface area (Å²) in [5.74, 6) is -6.04. The highest BCUT2D eigenvalue weighted by atomic mass is 35.5. The minimum atomic E-state index is -1.71. The molecule has 0 saturated carbocycles. The van der Waals surface area contributed by atoms with Crippen LogP contribution in [-0.2, 0) is 19.2 Å². The molecule has 0 aromatic heterocycles. The fraction of sp³-hybridized carbons (Fsp3) is 0.0909. The lowest BCUT2D eigenvalue weighted by atomic mass is 10.2. The van der Waals surface area contributed by atoms with Gasteiger partial charge >= 0.3 is 23.8 Å². The molecule has 0 radical (unpaired) electrons. The molecule has 1 rings (SSSR count). The van der Waals surface area contributed by atoms with E-state index < -0.39 is 23.8 Å². The number of nitrogens with one attached hydrogen (secondary N) is 2. The van der Waals surface area contributed by atoms with Crippen molar-refractivity contribution in [3.63, 3.8) is 0 Å². The van der Waals surface area contributed by atoms with E-state index in [1.54, 1.807) is 6.92 Å². The third-order valence-corrected chi connectivity index (χ3v) is 2.51. The zero-order valence-electron chi connectivity index (χ0n) is 10.1. The highest BCUT2D eigenvalue weighted by molar-refractivity contribution is 6.42. The van der Waals surface area contributed by atoms with Crippen LogP contribution in [0.5, 0.6) is 0 Å². The zero-order chi connectivity index (χ0) is 15.4. The Hall–Kier alpha value is -2.61. The summed E-state index contributed by atoms with van der Waals surface area (Å²) in [7, 11) is 0. The molecule has 0 spiro atoms. The molecule has 0 aliphatic heterocycles. The van der Waals surface area contributed by atoms with Crippen molar-refractivity contribution in [1.82, 2.24) is 0 Å². The minimum absolute atomic E-state index is 0.0558. The van der Waals surface area contributed by atoms with Crippen molar-refractivity contribution in [3.8, 4) is 0 Å². The maximum Gasteiger partial charge on any atom is 0.394 e. The molecule has 9 heteroatoms. The Balaban J connectivity index is 3.12. The number of benzene rings is 1. The van der Waals surface area contributed by atoms with Crippen LogP contribution in [-0.4, -0.2) is 34.0 Å². The van der Waals surface area contributed by atoms with Gasteiger partial charge in [0.05, 0.1) is 16.4 Å². The van der Waals surface area contributed by atoms with E-state index in [1.165, 1.54) is 12.1 Å². The maximum absolute atomic E-state index is 11.1. The number of aryl methyl sites for hydroxylation is 1. The van der Waals surface area contributed by atoms with Crippen LogP contribution in [0.4, 0.5) is 11.4 Å². The second kappa shape index (κ2) is 6.02. The van der Waals surface area contributed by atoms with E-state index in [0.717, 1.165) is 0 Å². The maximum atomic E-state index is 11.1. The first-order valence-electron chi connectivity index (χ1n) is 5.11. The molecule has 1 aromatic carbocycles. The van der Waals surface area contributed by atoms with Gasteiger partial charge in [-0.3, -0.25) is 9.59 Å². The first kappa shape index (κ1) is 15.4. The van der Waals surface area contributed by atoms with Crippen molar-refractivity contribution in [2.24, 2.45) is 0 Å². The number of hydrogen-bond acceptors (Lipinski definition) is 4. The monoisotopic (exact) mass is 300 g/mol. The van der Waals surface area contributed by atoms with Crippen LogP contribution in [0.2, 0.25) is 5.02 Å². The number of aliphatic carboxylic acids is 2. The summed E-state index contributed by atoms with van der Waals surface area (Å²) >= 11 is 5.86. The van der Waals surface area contributed by atoms with E-state index >= 15 is 0 Å². The van der Waals surface area contributed by atoms with Gasteiger partial charge in [0.25, 0.3) is 0 Å². The predicted molar refractivity (Wildman–Crippen MR) is 68.7 cm³/mol. The fourth-order valence-electron chi connectivity index (χ4n) is 1.30. The molecule has 0 bridgehead atoms. The van der Waals surface area contributed by atoms with Crippen LogP contribution in [0.3, 0.4) is 0 Å². The van der Waals surface area contributed by atoms with Crippen molar-refractivity contribution >= 4 is 46.7 Å². The van der Waals surface area contributed by atoms with Gasteiger partial charge in [-0.15, -0.1) is 0 Å². The first-order chi connectivity index (χ1) is 9.22. The zero-order valence-corrected chi connectivity index (χ0v) is 10.8. The normalized spacial score (nSPS) is 9.70. The highest BCUT2D eigenvalue weighted by Crippen LogP contribution is 2.31. The molecule has 0 fully saturated rings. The number of carboxylic acids is 2. The van der Waals surface area contributed by atoms with Crippen LogP contribution >= 0.6 is 11.6 Å². The van der Waals surface area contributed by atoms with Gasteiger partial charge in [0, 0.05) is 0 Å². The summed E-state index contributed by atoms with van der Waals surface area (Å²) in [5.41, 5.74) is 0.412. The van der Waals surface area contributed by atoms with Gasteiger partial charge in [-0.2, -0.15) is 0 Å². The number of hydrogen-bond donors (Lipinski definition) is 4. The Labute approximate surface area is 117 Å². The van der Waals surface area contributed by atoms with Crippen LogP contribution in [0.15, 0.2) is 12.1 Å². The molecule has 0 heterocycles. The average molecular weight is 301 g/mol. The van der Waals surface area contributed by atoms with Gasteiger partial charge < -0.3 is 20.8 Å². The lowest BCUT2D eigenvalue weighted by Crippen LogP contribution is -2.24. The standard InChI is InChI=1S/C11H9ClN2O6/c1-4-2-5(13-8(15)10(17)18)7(12)6(3-4)14-9(16)11(19)20/h2-3H,1H3,(H,13,15)(H,14,16)(H,17,18)(H,19,20). The van der Waals surface area contributed by atoms with Crippen molar-refractivity contribution in [2.45, 2.75) is 6.92 Å². The summed E-state index contributed by atoms with van der Waals surface area (Å²) in [5, 5.41) is 20.8. The number of carboxylic acid groups (broad SMARTS) is 2. The van der Waals surface area contributed by atoms with Crippen molar-refractivity contribution < 1.29 is 29.4 Å². The molecule has 1 aromatic rings. The number of halogens is 1. The first-order valence-corrected chi connectivity index (χ1v) is 5.49. The molecule has 8 nitrogen and oxygen atoms in total. The summed E-state index contributed by atoms with van der Waals surface area (Å²) in [6.45, 7) is 1.59. The van der Waals surface area contributed by atoms with E-state index in [1.807, 2.05) is 10.6 Å². The minimum Gasteiger partial charge on any atom is -0.474 e. The molecule has 2 amide bonds. The number of carbonyl (C=O) groups excluding carboxylic acids is 2. The van der Waals surface area contributed by atoms with Gasteiger partial charge in [0.15, 0.2) is 0 Å². The van der Waals surface area contributed by atoms with Crippen molar-refractivity contribution in [1.29, 1.82) is 0 Å². The topological polar surface area (TPSA) is 133 Å². The van der Waals surface area contributed by atoms with Crippen molar-refractivity contribution in [3.05, 3.63) is 22.7 Å². The van der Waals surface area contributed by atoms with E-state index in [-0.39, 0.29) is 16.4 Å². The molecule has 20 heavy (non-hydrogen) atoms. The molecule has 0 aliphatic rings. The number of amides is 2. The summed E-state index contributed by atoms with van der Waals surface area (Å²) < 4.78 is 0. The quantitative estimate of drug-likeness (QED) is 0.594. The Morgan fingerprint density at radius 1 is 0.950 bits per heavy atom. The Morgan fingerprint density at radius 2 is 1.30 bits per heavy atom. The van der Waals surface area contributed by atoms with E-state index in [2.05, 4.69) is 0 Å². The second-order valence-electron chi connectivity index (χ2n) is 3.69. The molecule has 0 unspecified atom stereocenters. The number of anilines is 2. The largest absolute Gasteiger partial charge is 0.474 e. The van der Waals surface area contributed by atoms with Gasteiger partial charge in [0.2, 0.25) is 0 Å². The van der Waals surface area contributed by atoms with Crippen LogP contribution in [0.1, 0.15) is 5.56 Å². The lowest BCUT2D eigenvalue weighted by Gasteiger charge is -2.11. The fourth-order valence-corrected chi connectivity index (χ4v) is 1.51. The van der Waals surface area contributed by atoms with Gasteiger partial charge in [-0.05, 0) is 24.6 Å². The molecule has 0 saturated heterocycles. The van der Waals surface area contributed by atoms with Crippen LogP contribution in [0.25, 0.3) is 0 Å². The Kier molecular flexibility index (Phi) is 4.65. The third kappa shape index (κ3) is 3.69. The van der Waals surface area contributed by atoms with E-state index in [0.29, 0.717) is 5.56 Å². The summed E-state index contributed by atoms with van der Waals surface area (Å²) in [6.07, 6.45) is 0. The smallest absolute Gasteiger partial charge is 0.394 e. The number of rotatable bonds is 2. The van der Waals surface area contributed by atoms with Gasteiger partial charge in [0.1, 0.15) is 0 Å². The number of carbonyl (C=O) groups is 4. The molecule has 0 aliphatic carbocycles. The summed E-state index contributed by atoms with van der Waals surface area (Å²) in [4.78, 5) is 43.0. The van der Waals surface area contributed by atoms with E-state index in [4.69, 9.17) is 21.8 Å². The SMILES string of the molecule is Cc1cc(NC(=O)C(=O)O)c(Cl)c(NC(=O)C(=O)O)c1. The second-order valence-corrected chi connectivity index (χ2v) is 4.07. The lowest BCUT2D eigenvalue weighted by molar-refractivity contribution is -0.147. The van der Waals surface area contributed by atoms with Crippen molar-refractivity contribution in [2.75, 3.05) is 10.6 Å². The average Bonchev–Trinajstić information content (AvgIpc) is 2.34. The summed E-state index contributed by atoms with van der Waals surface area (Å²) in [6, 6.07) is 2.75. The van der Waals surface area contributed by atoms with Crippen LogP contribution < -0.4 is 10.6 Å². The van der Waals surface area contributed by atoms with Gasteiger partial charge in [-0.1, -0.05) is 11.6 Å². The molecular formula is C11H9ClN2O6. The molecule has 4 N–H and O–H groups in total. The van der Waals surface area contributed by atoms with Crippen LogP contribution in [0, 0.1) is 6.92 Å². The third-order valence-electron chi connectivity index (χ3n) is 2.10. The van der Waals surface area contributed by atoms with Gasteiger partial charge in [-0.25, -0.2) is 9.59 Å². The Morgan fingerprint density at radius 3 is 1.60 bits per heavy atom. The predicted octanol–water partition coefficient (Wildman–Crippen LogP) is 0.695. The molecule has 106 valence electrons. The van der Waals surface area contributed by atoms with E-state index in [9.17, 15) is 19.2 Å². The highest BCUT2D eigenvalue weighted by Gasteiger charge is 2.18. The Bertz CT molecular complexity index is 564.